The standard InChI is InChI=1S/C17H25NO/c1-2-14-8-10-16(18-13-14)12-17(19)11-9-15-6-4-3-5-7-15/h8,10,13,15H,2-7,9,11-12H2,1H3. The summed E-state index contributed by atoms with van der Waals surface area (Å²) in [7, 11) is 0. The molecule has 1 heterocycles. The fourth-order valence-electron chi connectivity index (χ4n) is 2.90. The molecule has 1 aliphatic carbocycles. The van der Waals surface area contributed by atoms with Crippen LogP contribution in [-0.2, 0) is 17.6 Å². The molecule has 1 fully saturated rings. The zero-order valence-corrected chi connectivity index (χ0v) is 12.0. The number of Topliss-reactive ketones (excluding diaryl/α,β-unsaturated/α-hetero) is 1. The lowest BCUT2D eigenvalue weighted by Crippen LogP contribution is -2.10. The van der Waals surface area contributed by atoms with Gasteiger partial charge in [-0.15, -0.1) is 0 Å². The minimum atomic E-state index is 0.349. The summed E-state index contributed by atoms with van der Waals surface area (Å²) in [5.74, 6) is 1.15. The SMILES string of the molecule is CCc1ccc(CC(=O)CCC2CCCCC2)nc1. The van der Waals surface area contributed by atoms with E-state index in [2.05, 4.69) is 18.0 Å². The van der Waals surface area contributed by atoms with Gasteiger partial charge in [-0.05, 0) is 30.4 Å². The van der Waals surface area contributed by atoms with Crippen molar-refractivity contribution in [3.05, 3.63) is 29.6 Å². The Kier molecular flexibility index (Phi) is 5.56. The lowest BCUT2D eigenvalue weighted by atomic mass is 9.85. The van der Waals surface area contributed by atoms with E-state index in [0.29, 0.717) is 12.2 Å². The summed E-state index contributed by atoms with van der Waals surface area (Å²) in [4.78, 5) is 16.3. The Hall–Kier alpha value is -1.18. The molecular weight excluding hydrogens is 234 g/mol. The van der Waals surface area contributed by atoms with E-state index in [1.165, 1.54) is 37.7 Å². The second-order valence-corrected chi connectivity index (χ2v) is 5.77. The number of hydrogen-bond acceptors (Lipinski definition) is 2. The van der Waals surface area contributed by atoms with Crippen molar-refractivity contribution >= 4 is 5.78 Å². The maximum atomic E-state index is 12.0. The van der Waals surface area contributed by atoms with Gasteiger partial charge < -0.3 is 0 Å². The first-order valence-corrected chi connectivity index (χ1v) is 7.73. The van der Waals surface area contributed by atoms with Crippen molar-refractivity contribution in [2.24, 2.45) is 5.92 Å². The smallest absolute Gasteiger partial charge is 0.138 e. The summed E-state index contributed by atoms with van der Waals surface area (Å²) in [5, 5.41) is 0. The zero-order valence-electron chi connectivity index (χ0n) is 12.0. The minimum Gasteiger partial charge on any atom is -0.299 e. The fourth-order valence-corrected chi connectivity index (χ4v) is 2.90. The first kappa shape index (κ1) is 14.2. The molecule has 0 radical (unpaired) electrons. The van der Waals surface area contributed by atoms with Crippen LogP contribution in [0.2, 0.25) is 0 Å². The summed E-state index contributed by atoms with van der Waals surface area (Å²) in [6.45, 7) is 2.12. The summed E-state index contributed by atoms with van der Waals surface area (Å²) >= 11 is 0. The van der Waals surface area contributed by atoms with Gasteiger partial charge in [0.15, 0.2) is 0 Å². The van der Waals surface area contributed by atoms with Crippen LogP contribution in [0.15, 0.2) is 18.3 Å². The molecule has 2 nitrogen and oxygen atoms in total. The number of aryl methyl sites for hydroxylation is 1. The van der Waals surface area contributed by atoms with Crippen molar-refractivity contribution < 1.29 is 4.79 Å². The average molecular weight is 259 g/mol. The molecule has 0 saturated heterocycles. The molecule has 0 spiro atoms. The largest absolute Gasteiger partial charge is 0.299 e. The van der Waals surface area contributed by atoms with Gasteiger partial charge in [0, 0.05) is 24.7 Å². The molecule has 0 N–H and O–H groups in total. The summed E-state index contributed by atoms with van der Waals surface area (Å²) in [6, 6.07) is 4.08. The molecule has 0 bridgehead atoms. The molecule has 1 saturated carbocycles. The van der Waals surface area contributed by atoms with Gasteiger partial charge in [-0.1, -0.05) is 45.1 Å². The van der Waals surface area contributed by atoms with Gasteiger partial charge in [0.2, 0.25) is 0 Å². The summed E-state index contributed by atoms with van der Waals surface area (Å²) < 4.78 is 0. The van der Waals surface area contributed by atoms with E-state index in [1.807, 2.05) is 12.3 Å². The molecule has 1 aliphatic rings. The van der Waals surface area contributed by atoms with Crippen LogP contribution in [-0.4, -0.2) is 10.8 Å². The predicted molar refractivity (Wildman–Crippen MR) is 78.1 cm³/mol. The summed E-state index contributed by atoms with van der Waals surface area (Å²) in [6.07, 6.45) is 12.0. The van der Waals surface area contributed by atoms with E-state index >= 15 is 0 Å². The zero-order chi connectivity index (χ0) is 13.5. The highest BCUT2D eigenvalue weighted by atomic mass is 16.1. The number of carbonyl (C=O) groups excluding carboxylic acids is 1. The first-order valence-electron chi connectivity index (χ1n) is 7.73. The van der Waals surface area contributed by atoms with Crippen LogP contribution < -0.4 is 0 Å². The highest BCUT2D eigenvalue weighted by molar-refractivity contribution is 5.80. The van der Waals surface area contributed by atoms with Crippen LogP contribution >= 0.6 is 0 Å². The van der Waals surface area contributed by atoms with Gasteiger partial charge in [0.25, 0.3) is 0 Å². The Labute approximate surface area is 116 Å². The van der Waals surface area contributed by atoms with Crippen LogP contribution in [0.1, 0.15) is 63.1 Å². The third-order valence-corrected chi connectivity index (χ3v) is 4.23. The normalized spacial score (nSPS) is 16.5. The monoisotopic (exact) mass is 259 g/mol. The molecule has 1 aromatic rings. The third-order valence-electron chi connectivity index (χ3n) is 4.23. The van der Waals surface area contributed by atoms with Gasteiger partial charge in [-0.3, -0.25) is 9.78 Å². The number of pyridine rings is 1. The highest BCUT2D eigenvalue weighted by Crippen LogP contribution is 2.27. The topological polar surface area (TPSA) is 30.0 Å². The number of ketones is 1. The number of rotatable bonds is 6. The van der Waals surface area contributed by atoms with Gasteiger partial charge in [-0.25, -0.2) is 0 Å². The van der Waals surface area contributed by atoms with E-state index in [1.54, 1.807) is 0 Å². The minimum absolute atomic E-state index is 0.349. The molecule has 0 atom stereocenters. The van der Waals surface area contributed by atoms with Gasteiger partial charge in [0.1, 0.15) is 5.78 Å². The number of carbonyl (C=O) groups is 1. The fraction of sp³-hybridized carbons (Fsp3) is 0.647. The lowest BCUT2D eigenvalue weighted by Gasteiger charge is -2.20. The van der Waals surface area contributed by atoms with Crippen molar-refractivity contribution in [1.82, 2.24) is 4.98 Å². The van der Waals surface area contributed by atoms with Gasteiger partial charge >= 0.3 is 0 Å². The predicted octanol–water partition coefficient (Wildman–Crippen LogP) is 4.12. The van der Waals surface area contributed by atoms with E-state index < -0.39 is 0 Å². The lowest BCUT2D eigenvalue weighted by molar-refractivity contribution is -0.118. The molecule has 1 aromatic heterocycles. The summed E-state index contributed by atoms with van der Waals surface area (Å²) in [5.41, 5.74) is 2.16. The van der Waals surface area contributed by atoms with Crippen LogP contribution in [0.3, 0.4) is 0 Å². The molecule has 104 valence electrons. The first-order chi connectivity index (χ1) is 9.28. The quantitative estimate of drug-likeness (QED) is 0.769. The molecule has 2 rings (SSSR count). The maximum absolute atomic E-state index is 12.0. The van der Waals surface area contributed by atoms with Crippen molar-refractivity contribution in [2.45, 2.75) is 64.7 Å². The molecule has 19 heavy (non-hydrogen) atoms. The van der Waals surface area contributed by atoms with Crippen molar-refractivity contribution in [2.75, 3.05) is 0 Å². The van der Waals surface area contributed by atoms with Crippen LogP contribution in [0, 0.1) is 5.92 Å². The van der Waals surface area contributed by atoms with E-state index in [-0.39, 0.29) is 0 Å². The molecule has 0 unspecified atom stereocenters. The van der Waals surface area contributed by atoms with Crippen molar-refractivity contribution in [3.8, 4) is 0 Å². The van der Waals surface area contributed by atoms with Gasteiger partial charge in [0.05, 0.1) is 0 Å². The van der Waals surface area contributed by atoms with Crippen LogP contribution in [0.4, 0.5) is 0 Å². The third kappa shape index (κ3) is 4.77. The Bertz CT molecular complexity index is 390. The number of hydrogen-bond donors (Lipinski definition) is 0. The van der Waals surface area contributed by atoms with E-state index in [4.69, 9.17) is 0 Å². The van der Waals surface area contributed by atoms with Crippen LogP contribution in [0.5, 0.6) is 0 Å². The average Bonchev–Trinajstić information content (AvgIpc) is 2.47. The second kappa shape index (κ2) is 7.42. The van der Waals surface area contributed by atoms with E-state index in [0.717, 1.165) is 30.9 Å². The molecule has 0 aliphatic heterocycles. The Morgan fingerprint density at radius 1 is 1.26 bits per heavy atom. The van der Waals surface area contributed by atoms with Crippen molar-refractivity contribution in [3.63, 3.8) is 0 Å². The Balaban J connectivity index is 1.73. The number of aromatic nitrogens is 1. The highest BCUT2D eigenvalue weighted by Gasteiger charge is 2.15. The van der Waals surface area contributed by atoms with Crippen LogP contribution in [0.25, 0.3) is 0 Å². The Morgan fingerprint density at radius 3 is 2.68 bits per heavy atom. The number of nitrogens with zero attached hydrogens (tertiary/aromatic N) is 1. The van der Waals surface area contributed by atoms with Gasteiger partial charge in [-0.2, -0.15) is 0 Å². The molecule has 2 heteroatoms. The maximum Gasteiger partial charge on any atom is 0.138 e. The van der Waals surface area contributed by atoms with E-state index in [9.17, 15) is 4.79 Å². The molecule has 0 aromatic carbocycles. The molecular formula is C17H25NO. The molecule has 0 amide bonds. The van der Waals surface area contributed by atoms with Crippen molar-refractivity contribution in [1.29, 1.82) is 0 Å². The Morgan fingerprint density at radius 2 is 2.05 bits per heavy atom. The second-order valence-electron chi connectivity index (χ2n) is 5.77.